The molecule has 4 heterocycles. The number of piperidine rings is 2. The van der Waals surface area contributed by atoms with E-state index in [0.717, 1.165) is 106 Å². The Kier molecular flexibility index (Phi) is 6.93. The zero-order valence-corrected chi connectivity index (χ0v) is 21.9. The molecular weight excluding hydrogens is 464 g/mol. The number of aromatic amines is 1. The van der Waals surface area contributed by atoms with Crippen LogP contribution in [0.5, 0.6) is 0 Å². The number of carbonyl (C=O) groups excluding carboxylic acids is 1. The SMILES string of the molecule is O=C(NCCCN1CCCCC1)c1ccc2c(c1)NCC21CCN(c2nc3c(c(=O)[nH]2)CCCC3)CC1. The maximum atomic E-state index is 12.8. The zero-order chi connectivity index (χ0) is 25.2. The van der Waals surface area contributed by atoms with Crippen molar-refractivity contribution in [2.75, 3.05) is 56.0 Å². The van der Waals surface area contributed by atoms with Gasteiger partial charge in [0.15, 0.2) is 0 Å². The number of nitrogens with zero attached hydrogens (tertiary/aromatic N) is 3. The molecule has 2 aromatic rings. The van der Waals surface area contributed by atoms with Crippen molar-refractivity contribution >= 4 is 17.5 Å². The molecule has 0 saturated carbocycles. The molecule has 6 rings (SSSR count). The number of aryl methyl sites for hydroxylation is 1. The smallest absolute Gasteiger partial charge is 0.255 e. The third-order valence-corrected chi connectivity index (χ3v) is 9.05. The highest BCUT2D eigenvalue weighted by Gasteiger charge is 2.42. The number of hydrogen-bond acceptors (Lipinski definition) is 6. The van der Waals surface area contributed by atoms with Crippen molar-refractivity contribution in [2.24, 2.45) is 0 Å². The number of nitrogens with one attached hydrogen (secondary N) is 3. The van der Waals surface area contributed by atoms with Gasteiger partial charge in [0.1, 0.15) is 0 Å². The van der Waals surface area contributed by atoms with E-state index in [1.807, 2.05) is 12.1 Å². The molecule has 2 fully saturated rings. The van der Waals surface area contributed by atoms with E-state index < -0.39 is 0 Å². The Morgan fingerprint density at radius 1 is 1.03 bits per heavy atom. The average Bonchev–Trinajstić information content (AvgIpc) is 3.29. The van der Waals surface area contributed by atoms with Gasteiger partial charge in [0, 0.05) is 48.4 Å². The second-order valence-electron chi connectivity index (χ2n) is 11.4. The molecule has 1 amide bonds. The fraction of sp³-hybridized carbons (Fsp3) is 0.621. The normalized spacial score (nSPS) is 20.8. The van der Waals surface area contributed by atoms with Gasteiger partial charge in [-0.3, -0.25) is 14.6 Å². The molecule has 8 nitrogen and oxygen atoms in total. The molecule has 1 aromatic carbocycles. The summed E-state index contributed by atoms with van der Waals surface area (Å²) >= 11 is 0. The van der Waals surface area contributed by atoms with Crippen molar-refractivity contribution in [3.8, 4) is 0 Å². The Morgan fingerprint density at radius 3 is 2.68 bits per heavy atom. The average molecular weight is 505 g/mol. The lowest BCUT2D eigenvalue weighted by Crippen LogP contribution is -2.45. The molecular formula is C29H40N6O2. The molecule has 0 bridgehead atoms. The molecule has 198 valence electrons. The van der Waals surface area contributed by atoms with Crippen LogP contribution in [0.4, 0.5) is 11.6 Å². The largest absolute Gasteiger partial charge is 0.384 e. The van der Waals surface area contributed by atoms with Crippen LogP contribution < -0.4 is 21.1 Å². The number of hydrogen-bond donors (Lipinski definition) is 3. The molecule has 0 unspecified atom stereocenters. The van der Waals surface area contributed by atoms with Crippen LogP contribution in [0.15, 0.2) is 23.0 Å². The first-order valence-electron chi connectivity index (χ1n) is 14.4. The fourth-order valence-corrected chi connectivity index (χ4v) is 6.78. The van der Waals surface area contributed by atoms with E-state index in [4.69, 9.17) is 4.98 Å². The minimum absolute atomic E-state index is 0.0152. The van der Waals surface area contributed by atoms with E-state index in [1.165, 1.54) is 37.9 Å². The minimum atomic E-state index is 0.0152. The summed E-state index contributed by atoms with van der Waals surface area (Å²) in [5.74, 6) is 0.750. The minimum Gasteiger partial charge on any atom is -0.384 e. The zero-order valence-electron chi connectivity index (χ0n) is 21.9. The lowest BCUT2D eigenvalue weighted by atomic mass is 9.74. The van der Waals surface area contributed by atoms with Crippen LogP contribution >= 0.6 is 0 Å². The van der Waals surface area contributed by atoms with E-state index in [9.17, 15) is 9.59 Å². The van der Waals surface area contributed by atoms with E-state index in [-0.39, 0.29) is 16.9 Å². The summed E-state index contributed by atoms with van der Waals surface area (Å²) in [6.07, 6.45) is 10.9. The summed E-state index contributed by atoms with van der Waals surface area (Å²) in [5.41, 5.74) is 5.15. The van der Waals surface area contributed by atoms with E-state index >= 15 is 0 Å². The Hall–Kier alpha value is -2.87. The number of H-pyrrole nitrogens is 1. The van der Waals surface area contributed by atoms with Gasteiger partial charge in [0.25, 0.3) is 11.5 Å². The summed E-state index contributed by atoms with van der Waals surface area (Å²) < 4.78 is 0. The van der Waals surface area contributed by atoms with Gasteiger partial charge in [-0.25, -0.2) is 4.98 Å². The van der Waals surface area contributed by atoms with Crippen molar-refractivity contribution in [1.82, 2.24) is 20.2 Å². The number of fused-ring (bicyclic) bond motifs is 3. The van der Waals surface area contributed by atoms with Crippen molar-refractivity contribution in [3.63, 3.8) is 0 Å². The van der Waals surface area contributed by atoms with Crippen LogP contribution in [0.25, 0.3) is 0 Å². The summed E-state index contributed by atoms with van der Waals surface area (Å²) in [6.45, 7) is 6.81. The summed E-state index contributed by atoms with van der Waals surface area (Å²) in [7, 11) is 0. The first kappa shape index (κ1) is 24.5. The van der Waals surface area contributed by atoms with Crippen LogP contribution in [-0.2, 0) is 18.3 Å². The molecule has 1 aliphatic carbocycles. The third kappa shape index (κ3) is 5.00. The molecule has 3 N–H and O–H groups in total. The van der Waals surface area contributed by atoms with Crippen molar-refractivity contribution in [1.29, 1.82) is 0 Å². The molecule has 1 spiro atoms. The number of benzene rings is 1. The number of amides is 1. The molecule has 0 radical (unpaired) electrons. The van der Waals surface area contributed by atoms with Gasteiger partial charge in [-0.15, -0.1) is 0 Å². The number of anilines is 2. The fourth-order valence-electron chi connectivity index (χ4n) is 6.78. The molecule has 4 aliphatic rings. The highest BCUT2D eigenvalue weighted by atomic mass is 16.1. The van der Waals surface area contributed by atoms with Crippen LogP contribution in [0.3, 0.4) is 0 Å². The standard InChI is InChI=1S/C29H40N6O2/c36-26(30-13-6-16-34-14-4-1-5-15-34)21-9-10-23-25(19-21)31-20-29(23)11-17-35(18-12-29)28-32-24-8-3-2-7-22(24)27(37)33-28/h9-10,19,31H,1-8,11-18,20H2,(H,30,36)(H,32,33,37). The Bertz CT molecular complexity index is 1190. The van der Waals surface area contributed by atoms with Crippen LogP contribution in [0, 0.1) is 0 Å². The summed E-state index contributed by atoms with van der Waals surface area (Å²) in [4.78, 5) is 38.1. The lowest BCUT2D eigenvalue weighted by molar-refractivity contribution is 0.0951. The monoisotopic (exact) mass is 504 g/mol. The second-order valence-corrected chi connectivity index (χ2v) is 11.4. The van der Waals surface area contributed by atoms with Crippen molar-refractivity contribution in [2.45, 2.75) is 69.6 Å². The number of likely N-dealkylation sites (tertiary alicyclic amines) is 1. The van der Waals surface area contributed by atoms with Gasteiger partial charge >= 0.3 is 0 Å². The van der Waals surface area contributed by atoms with Crippen molar-refractivity contribution < 1.29 is 4.79 Å². The Labute approximate surface area is 219 Å². The van der Waals surface area contributed by atoms with E-state index in [1.54, 1.807) is 0 Å². The molecule has 3 aliphatic heterocycles. The predicted octanol–water partition coefficient (Wildman–Crippen LogP) is 3.22. The van der Waals surface area contributed by atoms with Crippen LogP contribution in [0.1, 0.15) is 78.5 Å². The molecule has 1 aromatic heterocycles. The lowest BCUT2D eigenvalue weighted by Gasteiger charge is -2.39. The Morgan fingerprint density at radius 2 is 1.84 bits per heavy atom. The van der Waals surface area contributed by atoms with Gasteiger partial charge < -0.3 is 20.4 Å². The van der Waals surface area contributed by atoms with E-state index in [2.05, 4.69) is 31.5 Å². The number of carbonyl (C=O) groups is 1. The maximum Gasteiger partial charge on any atom is 0.255 e. The molecule has 2 saturated heterocycles. The quantitative estimate of drug-likeness (QED) is 0.523. The first-order chi connectivity index (χ1) is 18.1. The molecule has 37 heavy (non-hydrogen) atoms. The third-order valence-electron chi connectivity index (χ3n) is 9.05. The van der Waals surface area contributed by atoms with Gasteiger partial charge in [0.05, 0.1) is 5.69 Å². The maximum absolute atomic E-state index is 12.8. The van der Waals surface area contributed by atoms with Crippen LogP contribution in [-0.4, -0.2) is 66.6 Å². The number of aromatic nitrogens is 2. The van der Waals surface area contributed by atoms with Gasteiger partial charge in [-0.1, -0.05) is 12.5 Å². The number of rotatable bonds is 6. The topological polar surface area (TPSA) is 93.4 Å². The highest BCUT2D eigenvalue weighted by molar-refractivity contribution is 5.95. The van der Waals surface area contributed by atoms with Gasteiger partial charge in [-0.05, 0) is 95.1 Å². The summed E-state index contributed by atoms with van der Waals surface area (Å²) in [5, 5.41) is 6.71. The van der Waals surface area contributed by atoms with E-state index in [0.29, 0.717) is 0 Å². The molecule has 8 heteroatoms. The van der Waals surface area contributed by atoms with Gasteiger partial charge in [0.2, 0.25) is 5.95 Å². The van der Waals surface area contributed by atoms with Gasteiger partial charge in [-0.2, -0.15) is 0 Å². The predicted molar refractivity (Wildman–Crippen MR) is 147 cm³/mol. The Balaban J connectivity index is 1.06. The first-order valence-corrected chi connectivity index (χ1v) is 14.4. The molecule has 0 atom stereocenters. The van der Waals surface area contributed by atoms with Crippen molar-refractivity contribution in [3.05, 3.63) is 50.9 Å². The van der Waals surface area contributed by atoms with Crippen LogP contribution in [0.2, 0.25) is 0 Å². The highest BCUT2D eigenvalue weighted by Crippen LogP contribution is 2.44. The summed E-state index contributed by atoms with van der Waals surface area (Å²) in [6, 6.07) is 6.17. The second kappa shape index (κ2) is 10.5.